The zero-order valence-electron chi connectivity index (χ0n) is 10.9. The van der Waals surface area contributed by atoms with Crippen LogP contribution >= 0.6 is 0 Å². The summed E-state index contributed by atoms with van der Waals surface area (Å²) in [6.07, 6.45) is 1.61. The minimum absolute atomic E-state index is 0.320. The molecule has 2 rings (SSSR count). The van der Waals surface area contributed by atoms with E-state index in [1.165, 1.54) is 18.2 Å². The second kappa shape index (κ2) is 6.43. The maximum absolute atomic E-state index is 13.0. The van der Waals surface area contributed by atoms with E-state index in [2.05, 4.69) is 5.32 Å². The first-order chi connectivity index (χ1) is 9.54. The summed E-state index contributed by atoms with van der Waals surface area (Å²) < 4.78 is 24.2. The third kappa shape index (κ3) is 3.99. The predicted octanol–water partition coefficient (Wildman–Crippen LogP) is 2.96. The second-order valence-corrected chi connectivity index (χ2v) is 5.82. The van der Waals surface area contributed by atoms with Crippen molar-refractivity contribution in [1.82, 2.24) is 0 Å². The summed E-state index contributed by atoms with van der Waals surface area (Å²) in [6.45, 7) is 0. The van der Waals surface area contributed by atoms with Crippen LogP contribution in [0.2, 0.25) is 0 Å². The van der Waals surface area contributed by atoms with Gasteiger partial charge in [-0.2, -0.15) is 0 Å². The van der Waals surface area contributed by atoms with E-state index >= 15 is 0 Å². The number of anilines is 1. The molecule has 0 aromatic heterocycles. The van der Waals surface area contributed by atoms with E-state index in [1.54, 1.807) is 30.5 Å². The number of halogens is 1. The van der Waals surface area contributed by atoms with Gasteiger partial charge in [-0.05, 0) is 35.9 Å². The molecule has 2 aromatic rings. The summed E-state index contributed by atoms with van der Waals surface area (Å²) in [5.41, 5.74) is 1.69. The van der Waals surface area contributed by atoms with Gasteiger partial charge in [0.05, 0.1) is 0 Å². The van der Waals surface area contributed by atoms with Gasteiger partial charge in [-0.25, -0.2) is 4.39 Å². The summed E-state index contributed by atoms with van der Waals surface area (Å²) in [5.74, 6) is -0.321. The monoisotopic (exact) mass is 291 g/mol. The van der Waals surface area contributed by atoms with Crippen LogP contribution in [0.1, 0.15) is 15.9 Å². The van der Waals surface area contributed by atoms with Crippen molar-refractivity contribution in [2.45, 2.75) is 5.75 Å². The van der Waals surface area contributed by atoms with E-state index in [0.717, 1.165) is 5.56 Å². The van der Waals surface area contributed by atoms with Crippen LogP contribution in [0.4, 0.5) is 10.1 Å². The van der Waals surface area contributed by atoms with Crippen molar-refractivity contribution in [3.8, 4) is 0 Å². The summed E-state index contributed by atoms with van der Waals surface area (Å²) >= 11 is 0. The van der Waals surface area contributed by atoms with Crippen molar-refractivity contribution in [1.29, 1.82) is 0 Å². The third-order valence-electron chi connectivity index (χ3n) is 2.64. The highest BCUT2D eigenvalue weighted by atomic mass is 32.2. The lowest BCUT2D eigenvalue weighted by atomic mass is 10.1. The standard InChI is InChI=1S/C15H14FNO2S/c1-20(19)10-11-4-2-5-12(8-11)15(18)17-14-7-3-6-13(16)9-14/h2-9H,10H2,1H3,(H,17,18). The van der Waals surface area contributed by atoms with Gasteiger partial charge in [0.1, 0.15) is 5.82 Å². The van der Waals surface area contributed by atoms with Crippen LogP contribution < -0.4 is 5.32 Å². The lowest BCUT2D eigenvalue weighted by Crippen LogP contribution is -2.12. The number of carbonyl (C=O) groups is 1. The molecule has 20 heavy (non-hydrogen) atoms. The number of hydrogen-bond donors (Lipinski definition) is 1. The van der Waals surface area contributed by atoms with E-state index in [9.17, 15) is 13.4 Å². The predicted molar refractivity (Wildman–Crippen MR) is 78.6 cm³/mol. The maximum Gasteiger partial charge on any atom is 0.255 e. The van der Waals surface area contributed by atoms with Gasteiger partial charge in [-0.3, -0.25) is 9.00 Å². The molecule has 3 nitrogen and oxygen atoms in total. The molecule has 0 saturated carbocycles. The average molecular weight is 291 g/mol. The SMILES string of the molecule is CS(=O)Cc1cccc(C(=O)Nc2cccc(F)c2)c1. The van der Waals surface area contributed by atoms with Crippen molar-refractivity contribution in [2.75, 3.05) is 11.6 Å². The minimum Gasteiger partial charge on any atom is -0.322 e. The number of benzene rings is 2. The Bertz CT molecular complexity index is 658. The molecule has 2 aromatic carbocycles. The van der Waals surface area contributed by atoms with Crippen LogP contribution in [0.15, 0.2) is 48.5 Å². The average Bonchev–Trinajstić information content (AvgIpc) is 2.38. The summed E-state index contributed by atoms with van der Waals surface area (Å²) in [7, 11) is -0.960. The van der Waals surface area contributed by atoms with Crippen molar-refractivity contribution in [3.05, 3.63) is 65.5 Å². The molecule has 1 N–H and O–H groups in total. The quantitative estimate of drug-likeness (QED) is 0.941. The van der Waals surface area contributed by atoms with E-state index in [4.69, 9.17) is 0 Å². The Morgan fingerprint density at radius 1 is 1.20 bits per heavy atom. The molecule has 1 unspecified atom stereocenters. The van der Waals surface area contributed by atoms with Gasteiger partial charge < -0.3 is 5.32 Å². The Morgan fingerprint density at radius 3 is 2.65 bits per heavy atom. The zero-order chi connectivity index (χ0) is 14.5. The molecule has 104 valence electrons. The molecule has 0 spiro atoms. The van der Waals surface area contributed by atoms with Crippen LogP contribution in [-0.4, -0.2) is 16.4 Å². The fourth-order valence-electron chi connectivity index (χ4n) is 1.81. The van der Waals surface area contributed by atoms with Gasteiger partial charge in [-0.15, -0.1) is 0 Å². The fourth-order valence-corrected chi connectivity index (χ4v) is 2.46. The van der Waals surface area contributed by atoms with E-state index in [-0.39, 0.29) is 5.91 Å². The third-order valence-corrected chi connectivity index (χ3v) is 3.38. The van der Waals surface area contributed by atoms with Crippen LogP contribution in [0.3, 0.4) is 0 Å². The first kappa shape index (κ1) is 14.4. The van der Waals surface area contributed by atoms with Gasteiger partial charge >= 0.3 is 0 Å². The second-order valence-electron chi connectivity index (χ2n) is 4.38. The van der Waals surface area contributed by atoms with Gasteiger partial charge in [0.2, 0.25) is 0 Å². The molecule has 0 saturated heterocycles. The Hall–Kier alpha value is -2.01. The number of nitrogens with one attached hydrogen (secondary N) is 1. The number of hydrogen-bond acceptors (Lipinski definition) is 2. The Balaban J connectivity index is 2.15. The van der Waals surface area contributed by atoms with Gasteiger partial charge in [0, 0.05) is 34.1 Å². The van der Waals surface area contributed by atoms with Crippen molar-refractivity contribution < 1.29 is 13.4 Å². The zero-order valence-corrected chi connectivity index (χ0v) is 11.7. The van der Waals surface area contributed by atoms with Crippen molar-refractivity contribution in [3.63, 3.8) is 0 Å². The van der Waals surface area contributed by atoms with Crippen LogP contribution in [0.5, 0.6) is 0 Å². The molecule has 0 aliphatic carbocycles. The highest BCUT2D eigenvalue weighted by Gasteiger charge is 2.07. The topological polar surface area (TPSA) is 46.2 Å². The first-order valence-electron chi connectivity index (χ1n) is 6.00. The summed E-state index contributed by atoms with van der Waals surface area (Å²) in [5, 5.41) is 2.62. The molecule has 0 aliphatic heterocycles. The molecule has 0 fully saturated rings. The smallest absolute Gasteiger partial charge is 0.255 e. The van der Waals surface area contributed by atoms with Crippen molar-refractivity contribution in [2.24, 2.45) is 0 Å². The molecule has 0 aliphatic rings. The van der Waals surface area contributed by atoms with Gasteiger partial charge in [0.25, 0.3) is 5.91 Å². The van der Waals surface area contributed by atoms with E-state index in [0.29, 0.717) is 17.0 Å². The van der Waals surface area contributed by atoms with Gasteiger partial charge in [-0.1, -0.05) is 18.2 Å². The Kier molecular flexibility index (Phi) is 4.63. The number of amides is 1. The highest BCUT2D eigenvalue weighted by molar-refractivity contribution is 7.83. The summed E-state index contributed by atoms with van der Waals surface area (Å²) in [6, 6.07) is 12.6. The lowest BCUT2D eigenvalue weighted by molar-refractivity contribution is 0.102. The molecular weight excluding hydrogens is 277 g/mol. The molecule has 5 heteroatoms. The lowest BCUT2D eigenvalue weighted by Gasteiger charge is -2.06. The Labute approximate surface area is 119 Å². The van der Waals surface area contributed by atoms with Crippen molar-refractivity contribution >= 4 is 22.4 Å². The highest BCUT2D eigenvalue weighted by Crippen LogP contribution is 2.13. The molecule has 1 amide bonds. The normalized spacial score (nSPS) is 11.9. The van der Waals surface area contributed by atoms with E-state index in [1.807, 2.05) is 6.07 Å². The number of carbonyl (C=O) groups excluding carboxylic acids is 1. The molecule has 0 bridgehead atoms. The molecular formula is C15H14FNO2S. The molecule has 0 heterocycles. The largest absolute Gasteiger partial charge is 0.322 e. The minimum atomic E-state index is -0.960. The first-order valence-corrected chi connectivity index (χ1v) is 7.73. The molecule has 0 radical (unpaired) electrons. The Morgan fingerprint density at radius 2 is 1.95 bits per heavy atom. The van der Waals surface area contributed by atoms with E-state index < -0.39 is 16.6 Å². The van der Waals surface area contributed by atoms with Gasteiger partial charge in [0.15, 0.2) is 0 Å². The van der Waals surface area contributed by atoms with Crippen LogP contribution in [-0.2, 0) is 16.6 Å². The van der Waals surface area contributed by atoms with Crippen LogP contribution in [0, 0.1) is 5.82 Å². The summed E-state index contributed by atoms with van der Waals surface area (Å²) in [4.78, 5) is 12.1. The number of rotatable bonds is 4. The van der Waals surface area contributed by atoms with Crippen LogP contribution in [0.25, 0.3) is 0 Å². The molecule has 1 atom stereocenters. The fraction of sp³-hybridized carbons (Fsp3) is 0.133. The maximum atomic E-state index is 13.0.